The number of amides is 1. The quantitative estimate of drug-likeness (QED) is 0.859. The minimum Gasteiger partial charge on any atom is -0.408 e. The SMILES string of the molecule is N[C@H](Cc1ccccc1)C(=O)Nc1nnc(C2CC2)o1. The molecule has 0 bridgehead atoms. The van der Waals surface area contributed by atoms with Gasteiger partial charge >= 0.3 is 6.01 Å². The highest BCUT2D eigenvalue weighted by molar-refractivity contribution is 5.93. The zero-order chi connectivity index (χ0) is 13.9. The first kappa shape index (κ1) is 12.8. The third-order valence-corrected chi connectivity index (χ3v) is 3.23. The van der Waals surface area contributed by atoms with E-state index in [1.54, 1.807) is 0 Å². The average molecular weight is 272 g/mol. The van der Waals surface area contributed by atoms with Gasteiger partial charge < -0.3 is 10.2 Å². The van der Waals surface area contributed by atoms with Crippen molar-refractivity contribution in [2.75, 3.05) is 5.32 Å². The van der Waals surface area contributed by atoms with Gasteiger partial charge in [-0.25, -0.2) is 0 Å². The Hall–Kier alpha value is -2.21. The van der Waals surface area contributed by atoms with E-state index in [1.807, 2.05) is 30.3 Å². The van der Waals surface area contributed by atoms with Gasteiger partial charge in [0.1, 0.15) is 0 Å². The summed E-state index contributed by atoms with van der Waals surface area (Å²) in [5.41, 5.74) is 6.89. The summed E-state index contributed by atoms with van der Waals surface area (Å²) in [6.07, 6.45) is 2.61. The number of carbonyl (C=O) groups excluding carboxylic acids is 1. The van der Waals surface area contributed by atoms with Gasteiger partial charge in [-0.15, -0.1) is 5.10 Å². The van der Waals surface area contributed by atoms with Crippen LogP contribution >= 0.6 is 0 Å². The van der Waals surface area contributed by atoms with Crippen molar-refractivity contribution in [3.63, 3.8) is 0 Å². The third kappa shape index (κ3) is 3.03. The van der Waals surface area contributed by atoms with Crippen LogP contribution in [0.4, 0.5) is 6.01 Å². The Morgan fingerprint density at radius 2 is 2.10 bits per heavy atom. The van der Waals surface area contributed by atoms with Crippen molar-refractivity contribution in [3.8, 4) is 0 Å². The lowest BCUT2D eigenvalue weighted by Crippen LogP contribution is -2.37. The number of hydrogen-bond donors (Lipinski definition) is 2. The second-order valence-corrected chi connectivity index (χ2v) is 5.01. The van der Waals surface area contributed by atoms with Crippen LogP contribution in [0.3, 0.4) is 0 Å². The standard InChI is InChI=1S/C14H16N4O2/c15-11(8-9-4-2-1-3-5-9)12(19)16-14-18-17-13(20-14)10-6-7-10/h1-5,10-11H,6-8,15H2,(H,16,18,19)/t11-/m1/s1. The van der Waals surface area contributed by atoms with E-state index in [-0.39, 0.29) is 11.9 Å². The van der Waals surface area contributed by atoms with Gasteiger partial charge in [-0.3, -0.25) is 10.1 Å². The number of carbonyl (C=O) groups is 1. The fraction of sp³-hybridized carbons (Fsp3) is 0.357. The summed E-state index contributed by atoms with van der Waals surface area (Å²) < 4.78 is 5.37. The predicted molar refractivity (Wildman–Crippen MR) is 73.0 cm³/mol. The first-order chi connectivity index (χ1) is 9.72. The van der Waals surface area contributed by atoms with Crippen molar-refractivity contribution in [2.24, 2.45) is 5.73 Å². The zero-order valence-electron chi connectivity index (χ0n) is 11.0. The molecule has 1 aliphatic carbocycles. The molecule has 1 aliphatic rings. The van der Waals surface area contributed by atoms with Crippen LogP contribution in [0.25, 0.3) is 0 Å². The molecule has 1 saturated carbocycles. The largest absolute Gasteiger partial charge is 0.408 e. The topological polar surface area (TPSA) is 94.0 Å². The number of nitrogens with two attached hydrogens (primary N) is 1. The van der Waals surface area contributed by atoms with Crippen LogP contribution in [0.1, 0.15) is 30.2 Å². The predicted octanol–water partition coefficient (Wildman–Crippen LogP) is 1.46. The molecule has 6 nitrogen and oxygen atoms in total. The molecule has 0 unspecified atom stereocenters. The average Bonchev–Trinajstić information content (AvgIpc) is 3.20. The van der Waals surface area contributed by atoms with E-state index in [1.165, 1.54) is 0 Å². The second kappa shape index (κ2) is 5.42. The molecule has 1 aromatic carbocycles. The Kier molecular flexibility index (Phi) is 3.47. The van der Waals surface area contributed by atoms with E-state index in [9.17, 15) is 4.79 Å². The Bertz CT molecular complexity index is 592. The highest BCUT2D eigenvalue weighted by Crippen LogP contribution is 2.39. The second-order valence-electron chi connectivity index (χ2n) is 5.01. The molecule has 1 aromatic heterocycles. The minimum atomic E-state index is -0.645. The summed E-state index contributed by atoms with van der Waals surface area (Å²) in [4.78, 5) is 11.9. The van der Waals surface area contributed by atoms with E-state index in [0.717, 1.165) is 18.4 Å². The van der Waals surface area contributed by atoms with Gasteiger partial charge in [0.05, 0.1) is 6.04 Å². The summed E-state index contributed by atoms with van der Waals surface area (Å²) in [7, 11) is 0. The Balaban J connectivity index is 1.57. The van der Waals surface area contributed by atoms with E-state index in [2.05, 4.69) is 15.5 Å². The fourth-order valence-corrected chi connectivity index (χ4v) is 1.94. The van der Waals surface area contributed by atoms with E-state index in [0.29, 0.717) is 18.2 Å². The number of benzene rings is 1. The van der Waals surface area contributed by atoms with Crippen molar-refractivity contribution in [2.45, 2.75) is 31.2 Å². The highest BCUT2D eigenvalue weighted by Gasteiger charge is 2.29. The van der Waals surface area contributed by atoms with Gasteiger partial charge in [0.2, 0.25) is 11.8 Å². The van der Waals surface area contributed by atoms with Crippen molar-refractivity contribution in [1.82, 2.24) is 10.2 Å². The summed E-state index contributed by atoms with van der Waals surface area (Å²) in [5.74, 6) is 0.642. The molecule has 1 atom stereocenters. The first-order valence-electron chi connectivity index (χ1n) is 6.66. The summed E-state index contributed by atoms with van der Waals surface area (Å²) in [5, 5.41) is 10.3. The Morgan fingerprint density at radius 3 is 2.80 bits per heavy atom. The molecule has 1 fully saturated rings. The maximum Gasteiger partial charge on any atom is 0.322 e. The van der Waals surface area contributed by atoms with Crippen molar-refractivity contribution >= 4 is 11.9 Å². The number of hydrogen-bond acceptors (Lipinski definition) is 5. The monoisotopic (exact) mass is 272 g/mol. The minimum absolute atomic E-state index is 0.125. The molecule has 104 valence electrons. The number of anilines is 1. The van der Waals surface area contributed by atoms with Crippen LogP contribution in [-0.4, -0.2) is 22.1 Å². The lowest BCUT2D eigenvalue weighted by atomic mass is 10.1. The number of rotatable bonds is 5. The van der Waals surface area contributed by atoms with Crippen LogP contribution in [-0.2, 0) is 11.2 Å². The highest BCUT2D eigenvalue weighted by atomic mass is 16.4. The lowest BCUT2D eigenvalue weighted by Gasteiger charge is -2.09. The normalized spacial score (nSPS) is 15.8. The molecule has 6 heteroatoms. The Morgan fingerprint density at radius 1 is 1.35 bits per heavy atom. The van der Waals surface area contributed by atoms with Crippen molar-refractivity contribution < 1.29 is 9.21 Å². The van der Waals surface area contributed by atoms with Gasteiger partial charge in [0.25, 0.3) is 0 Å². The number of nitrogens with zero attached hydrogens (tertiary/aromatic N) is 2. The van der Waals surface area contributed by atoms with Gasteiger partial charge in [-0.2, -0.15) is 0 Å². The van der Waals surface area contributed by atoms with Crippen LogP contribution < -0.4 is 11.1 Å². The van der Waals surface area contributed by atoms with Crippen LogP contribution in [0.15, 0.2) is 34.7 Å². The fourth-order valence-electron chi connectivity index (χ4n) is 1.94. The number of nitrogens with one attached hydrogen (secondary N) is 1. The van der Waals surface area contributed by atoms with Gasteiger partial charge in [-0.1, -0.05) is 35.4 Å². The smallest absolute Gasteiger partial charge is 0.322 e. The van der Waals surface area contributed by atoms with Crippen LogP contribution in [0.5, 0.6) is 0 Å². The molecule has 3 N–H and O–H groups in total. The van der Waals surface area contributed by atoms with Crippen LogP contribution in [0.2, 0.25) is 0 Å². The maximum absolute atomic E-state index is 11.9. The number of aromatic nitrogens is 2. The molecule has 0 spiro atoms. The first-order valence-corrected chi connectivity index (χ1v) is 6.66. The molecule has 20 heavy (non-hydrogen) atoms. The molecular weight excluding hydrogens is 256 g/mol. The summed E-state index contributed by atoms with van der Waals surface area (Å²) in [6.45, 7) is 0. The molecular formula is C14H16N4O2. The zero-order valence-corrected chi connectivity index (χ0v) is 11.0. The van der Waals surface area contributed by atoms with Gasteiger partial charge in [0.15, 0.2) is 0 Å². The lowest BCUT2D eigenvalue weighted by molar-refractivity contribution is -0.117. The van der Waals surface area contributed by atoms with Gasteiger partial charge in [-0.05, 0) is 24.8 Å². The molecule has 2 aromatic rings. The third-order valence-electron chi connectivity index (χ3n) is 3.23. The molecule has 0 saturated heterocycles. The van der Waals surface area contributed by atoms with Gasteiger partial charge in [0, 0.05) is 5.92 Å². The molecule has 3 rings (SSSR count). The molecule has 0 aliphatic heterocycles. The van der Waals surface area contributed by atoms with Crippen molar-refractivity contribution in [3.05, 3.63) is 41.8 Å². The summed E-state index contributed by atoms with van der Waals surface area (Å²) in [6, 6.07) is 9.11. The van der Waals surface area contributed by atoms with Crippen molar-refractivity contribution in [1.29, 1.82) is 0 Å². The molecule has 0 radical (unpaired) electrons. The van der Waals surface area contributed by atoms with E-state index >= 15 is 0 Å². The van der Waals surface area contributed by atoms with E-state index in [4.69, 9.17) is 10.2 Å². The molecule has 1 amide bonds. The summed E-state index contributed by atoms with van der Waals surface area (Å²) >= 11 is 0. The molecule has 1 heterocycles. The maximum atomic E-state index is 11.9. The Labute approximate surface area is 116 Å². The van der Waals surface area contributed by atoms with Crippen LogP contribution in [0, 0.1) is 0 Å². The van der Waals surface area contributed by atoms with E-state index < -0.39 is 6.04 Å².